The highest BCUT2D eigenvalue weighted by atomic mass is 79.9. The Morgan fingerprint density at radius 2 is 1.90 bits per heavy atom. The van der Waals surface area contributed by atoms with Gasteiger partial charge in [-0.2, -0.15) is 0 Å². The normalized spacial score (nSPS) is 11.3. The van der Waals surface area contributed by atoms with Gasteiger partial charge in [-0.05, 0) is 35.9 Å². The molecule has 0 saturated heterocycles. The van der Waals surface area contributed by atoms with E-state index in [2.05, 4.69) is 21.2 Å². The molecule has 2 rings (SSSR count). The maximum atomic E-state index is 11.7. The van der Waals surface area contributed by atoms with E-state index in [1.807, 2.05) is 12.1 Å². The highest BCUT2D eigenvalue weighted by Crippen LogP contribution is 2.25. The predicted molar refractivity (Wildman–Crippen MR) is 86.0 cm³/mol. The molecule has 0 saturated carbocycles. The smallest absolute Gasteiger partial charge is 0.177 e. The van der Waals surface area contributed by atoms with Crippen LogP contribution in [-0.2, 0) is 16.4 Å². The van der Waals surface area contributed by atoms with Gasteiger partial charge >= 0.3 is 0 Å². The standard InChI is InChI=1S/C14H13BrClNO2S/c1-20(18,19)14-5-3-2-4-13(14)17-9-10-8-11(16)6-7-12(10)15/h2-8,17H,9H2,1H3. The number of nitrogens with one attached hydrogen (secondary N) is 1. The van der Waals surface area contributed by atoms with Gasteiger partial charge in [0, 0.05) is 22.3 Å². The number of rotatable bonds is 4. The Hall–Kier alpha value is -1.04. The minimum atomic E-state index is -3.26. The van der Waals surface area contributed by atoms with E-state index >= 15 is 0 Å². The predicted octanol–water partition coefficient (Wildman–Crippen LogP) is 4.12. The Morgan fingerprint density at radius 3 is 2.60 bits per heavy atom. The zero-order valence-electron chi connectivity index (χ0n) is 10.7. The highest BCUT2D eigenvalue weighted by Gasteiger charge is 2.12. The van der Waals surface area contributed by atoms with E-state index in [9.17, 15) is 8.42 Å². The number of hydrogen-bond acceptors (Lipinski definition) is 3. The summed E-state index contributed by atoms with van der Waals surface area (Å²) in [5, 5.41) is 3.78. The lowest BCUT2D eigenvalue weighted by molar-refractivity contribution is 0.602. The van der Waals surface area contributed by atoms with Gasteiger partial charge in [-0.3, -0.25) is 0 Å². The first-order valence-corrected chi connectivity index (χ1v) is 8.91. The van der Waals surface area contributed by atoms with E-state index < -0.39 is 9.84 Å². The first kappa shape index (κ1) is 15.4. The molecule has 0 aromatic heterocycles. The first-order valence-electron chi connectivity index (χ1n) is 5.85. The minimum Gasteiger partial charge on any atom is -0.380 e. The Morgan fingerprint density at radius 1 is 1.20 bits per heavy atom. The molecule has 0 aliphatic carbocycles. The van der Waals surface area contributed by atoms with Crippen LogP contribution in [0, 0.1) is 0 Å². The number of anilines is 1. The molecule has 0 heterocycles. The summed E-state index contributed by atoms with van der Waals surface area (Å²) >= 11 is 9.40. The van der Waals surface area contributed by atoms with E-state index in [0.29, 0.717) is 17.3 Å². The lowest BCUT2D eigenvalue weighted by Gasteiger charge is -2.12. The quantitative estimate of drug-likeness (QED) is 0.875. The first-order chi connectivity index (χ1) is 9.38. The van der Waals surface area contributed by atoms with Gasteiger partial charge in [0.05, 0.1) is 10.6 Å². The molecule has 0 atom stereocenters. The molecule has 0 amide bonds. The molecule has 0 unspecified atom stereocenters. The van der Waals surface area contributed by atoms with Crippen LogP contribution in [-0.4, -0.2) is 14.7 Å². The topological polar surface area (TPSA) is 46.2 Å². The highest BCUT2D eigenvalue weighted by molar-refractivity contribution is 9.10. The van der Waals surface area contributed by atoms with E-state index in [1.54, 1.807) is 30.3 Å². The van der Waals surface area contributed by atoms with Crippen molar-refractivity contribution in [1.82, 2.24) is 0 Å². The van der Waals surface area contributed by atoms with Crippen LogP contribution in [0.3, 0.4) is 0 Å². The summed E-state index contributed by atoms with van der Waals surface area (Å²) in [6, 6.07) is 12.3. The molecule has 0 aliphatic heterocycles. The number of para-hydroxylation sites is 1. The molecule has 0 radical (unpaired) electrons. The minimum absolute atomic E-state index is 0.290. The van der Waals surface area contributed by atoms with Crippen LogP contribution in [0.1, 0.15) is 5.56 Å². The summed E-state index contributed by atoms with van der Waals surface area (Å²) in [6.45, 7) is 0.480. The summed E-state index contributed by atoms with van der Waals surface area (Å²) in [5.74, 6) is 0. The van der Waals surface area contributed by atoms with Gasteiger partial charge in [0.15, 0.2) is 9.84 Å². The van der Waals surface area contributed by atoms with Crippen LogP contribution >= 0.6 is 27.5 Å². The SMILES string of the molecule is CS(=O)(=O)c1ccccc1NCc1cc(Cl)ccc1Br. The molecule has 0 bridgehead atoms. The monoisotopic (exact) mass is 373 g/mol. The molecule has 0 spiro atoms. The number of sulfone groups is 1. The van der Waals surface area contributed by atoms with Gasteiger partial charge in [-0.25, -0.2) is 8.42 Å². The number of benzene rings is 2. The summed E-state index contributed by atoms with van der Waals surface area (Å²) in [6.07, 6.45) is 1.20. The largest absolute Gasteiger partial charge is 0.380 e. The van der Waals surface area contributed by atoms with Crippen LogP contribution in [0.4, 0.5) is 5.69 Å². The van der Waals surface area contributed by atoms with Crippen molar-refractivity contribution in [1.29, 1.82) is 0 Å². The number of hydrogen-bond donors (Lipinski definition) is 1. The zero-order valence-corrected chi connectivity index (χ0v) is 13.9. The third-order valence-electron chi connectivity index (χ3n) is 2.76. The second-order valence-electron chi connectivity index (χ2n) is 4.36. The van der Waals surface area contributed by atoms with Gasteiger partial charge in [0.1, 0.15) is 0 Å². The van der Waals surface area contributed by atoms with Crippen molar-refractivity contribution in [2.45, 2.75) is 11.4 Å². The maximum Gasteiger partial charge on any atom is 0.177 e. The summed E-state index contributed by atoms with van der Waals surface area (Å²) in [5.41, 5.74) is 1.54. The molecular weight excluding hydrogens is 362 g/mol. The second kappa shape index (κ2) is 6.16. The van der Waals surface area contributed by atoms with Crippen LogP contribution in [0.15, 0.2) is 51.8 Å². The van der Waals surface area contributed by atoms with Crippen molar-refractivity contribution in [3.63, 3.8) is 0 Å². The van der Waals surface area contributed by atoms with Crippen molar-refractivity contribution in [3.8, 4) is 0 Å². The van der Waals surface area contributed by atoms with Crippen LogP contribution < -0.4 is 5.32 Å². The molecule has 0 aliphatic rings. The maximum absolute atomic E-state index is 11.7. The fourth-order valence-electron chi connectivity index (χ4n) is 1.81. The van der Waals surface area contributed by atoms with Crippen molar-refractivity contribution in [2.75, 3.05) is 11.6 Å². The van der Waals surface area contributed by atoms with Gasteiger partial charge in [-0.15, -0.1) is 0 Å². The lowest BCUT2D eigenvalue weighted by atomic mass is 10.2. The Balaban J connectivity index is 2.26. The Bertz CT molecular complexity index is 732. The van der Waals surface area contributed by atoms with Crippen molar-refractivity contribution < 1.29 is 8.42 Å². The third kappa shape index (κ3) is 3.75. The zero-order chi connectivity index (χ0) is 14.8. The molecule has 20 heavy (non-hydrogen) atoms. The van der Waals surface area contributed by atoms with Crippen molar-refractivity contribution in [3.05, 3.63) is 57.5 Å². The molecule has 6 heteroatoms. The third-order valence-corrected chi connectivity index (χ3v) is 4.93. The Labute approximate surface area is 132 Å². The summed E-state index contributed by atoms with van der Waals surface area (Å²) in [7, 11) is -3.26. The van der Waals surface area contributed by atoms with Gasteiger partial charge < -0.3 is 5.32 Å². The molecular formula is C14H13BrClNO2S. The van der Waals surface area contributed by atoms with Gasteiger partial charge in [0.25, 0.3) is 0 Å². The van der Waals surface area contributed by atoms with Gasteiger partial charge in [0.2, 0.25) is 0 Å². The van der Waals surface area contributed by atoms with E-state index in [-0.39, 0.29) is 4.90 Å². The lowest BCUT2D eigenvalue weighted by Crippen LogP contribution is -2.06. The van der Waals surface area contributed by atoms with Crippen LogP contribution in [0.5, 0.6) is 0 Å². The average Bonchev–Trinajstić information content (AvgIpc) is 2.39. The molecule has 106 valence electrons. The van der Waals surface area contributed by atoms with Crippen LogP contribution in [0.25, 0.3) is 0 Å². The summed E-state index contributed by atoms with van der Waals surface area (Å²) < 4.78 is 24.4. The van der Waals surface area contributed by atoms with E-state index in [1.165, 1.54) is 6.26 Å². The van der Waals surface area contributed by atoms with Crippen LogP contribution in [0.2, 0.25) is 5.02 Å². The molecule has 0 fully saturated rings. The summed E-state index contributed by atoms with van der Waals surface area (Å²) in [4.78, 5) is 0.290. The molecule has 2 aromatic carbocycles. The van der Waals surface area contributed by atoms with Crippen molar-refractivity contribution in [2.24, 2.45) is 0 Å². The number of halogens is 2. The van der Waals surface area contributed by atoms with E-state index in [0.717, 1.165) is 10.0 Å². The van der Waals surface area contributed by atoms with Gasteiger partial charge in [-0.1, -0.05) is 39.7 Å². The van der Waals surface area contributed by atoms with E-state index in [4.69, 9.17) is 11.6 Å². The fraction of sp³-hybridized carbons (Fsp3) is 0.143. The van der Waals surface area contributed by atoms with Crippen molar-refractivity contribution >= 4 is 43.1 Å². The molecule has 2 aromatic rings. The molecule has 1 N–H and O–H groups in total. The fourth-order valence-corrected chi connectivity index (χ4v) is 3.25. The molecule has 3 nitrogen and oxygen atoms in total. The average molecular weight is 375 g/mol. The Kier molecular flexibility index (Phi) is 4.73. The second-order valence-corrected chi connectivity index (χ2v) is 7.63.